The van der Waals surface area contributed by atoms with Gasteiger partial charge in [0.05, 0.1) is 31.1 Å². The molecule has 0 bridgehead atoms. The van der Waals surface area contributed by atoms with E-state index in [2.05, 4.69) is 20.6 Å². The number of hydrogen-bond donors (Lipinski definition) is 2. The highest BCUT2D eigenvalue weighted by molar-refractivity contribution is 6.31. The van der Waals surface area contributed by atoms with Crippen molar-refractivity contribution in [3.63, 3.8) is 0 Å². The minimum atomic E-state index is 0.441. The maximum absolute atomic E-state index is 6.11. The number of nitrogens with zero attached hydrogens (tertiary/aromatic N) is 2. The minimum absolute atomic E-state index is 0.441. The van der Waals surface area contributed by atoms with E-state index in [1.165, 1.54) is 0 Å². The molecule has 0 aliphatic carbocycles. The third-order valence-electron chi connectivity index (χ3n) is 4.02. The van der Waals surface area contributed by atoms with E-state index in [1.54, 1.807) is 31.6 Å². The maximum atomic E-state index is 6.11. The number of halogens is 1. The molecule has 0 amide bonds. The highest BCUT2D eigenvalue weighted by Crippen LogP contribution is 2.31. The van der Waals surface area contributed by atoms with Gasteiger partial charge < -0.3 is 19.8 Å². The molecular formula is C20H17ClN4O2. The molecule has 27 heavy (non-hydrogen) atoms. The monoisotopic (exact) mass is 380 g/mol. The van der Waals surface area contributed by atoms with Gasteiger partial charge in [0, 0.05) is 10.4 Å². The van der Waals surface area contributed by atoms with E-state index in [1.807, 2.05) is 36.4 Å². The molecule has 7 heteroatoms. The largest absolute Gasteiger partial charge is 0.495 e. The van der Waals surface area contributed by atoms with Gasteiger partial charge in [-0.3, -0.25) is 0 Å². The summed E-state index contributed by atoms with van der Waals surface area (Å²) in [5.74, 6) is 2.63. The number of nitrogens with one attached hydrogen (secondary N) is 2. The molecular weight excluding hydrogens is 364 g/mol. The molecule has 136 valence electrons. The number of furan rings is 1. The Balaban J connectivity index is 1.70. The van der Waals surface area contributed by atoms with Gasteiger partial charge in [0.25, 0.3) is 0 Å². The lowest BCUT2D eigenvalue weighted by molar-refractivity contribution is 0.417. The first-order valence-electron chi connectivity index (χ1n) is 8.36. The summed E-state index contributed by atoms with van der Waals surface area (Å²) in [4.78, 5) is 9.22. The van der Waals surface area contributed by atoms with Crippen molar-refractivity contribution in [2.45, 2.75) is 6.54 Å². The first kappa shape index (κ1) is 17.2. The van der Waals surface area contributed by atoms with Gasteiger partial charge in [0.1, 0.15) is 17.3 Å². The summed E-state index contributed by atoms with van der Waals surface area (Å²) in [7, 11) is 1.60. The van der Waals surface area contributed by atoms with Crippen molar-refractivity contribution >= 4 is 40.0 Å². The number of para-hydroxylation sites is 1. The summed E-state index contributed by atoms with van der Waals surface area (Å²) in [6.45, 7) is 0.522. The zero-order valence-electron chi connectivity index (χ0n) is 14.6. The van der Waals surface area contributed by atoms with Crippen LogP contribution in [0.15, 0.2) is 65.3 Å². The van der Waals surface area contributed by atoms with Gasteiger partial charge in [0.15, 0.2) is 0 Å². The number of aromatic nitrogens is 2. The number of benzene rings is 2. The first-order chi connectivity index (χ1) is 13.2. The topological polar surface area (TPSA) is 72.2 Å². The van der Waals surface area contributed by atoms with Gasteiger partial charge in [-0.1, -0.05) is 23.7 Å². The van der Waals surface area contributed by atoms with Crippen LogP contribution in [0, 0.1) is 0 Å². The fourth-order valence-corrected chi connectivity index (χ4v) is 2.92. The van der Waals surface area contributed by atoms with Gasteiger partial charge in [-0.15, -0.1) is 0 Å². The van der Waals surface area contributed by atoms with Crippen LogP contribution < -0.4 is 15.4 Å². The Bertz CT molecular complexity index is 1070. The molecule has 0 aliphatic rings. The molecule has 0 unspecified atom stereocenters. The molecule has 2 aromatic heterocycles. The van der Waals surface area contributed by atoms with Crippen molar-refractivity contribution in [2.75, 3.05) is 17.7 Å². The zero-order valence-corrected chi connectivity index (χ0v) is 15.3. The van der Waals surface area contributed by atoms with E-state index in [0.29, 0.717) is 34.8 Å². The van der Waals surface area contributed by atoms with Crippen molar-refractivity contribution in [1.82, 2.24) is 9.97 Å². The molecule has 0 aliphatic heterocycles. The van der Waals surface area contributed by atoms with Crippen LogP contribution in [0.3, 0.4) is 0 Å². The fraction of sp³-hybridized carbons (Fsp3) is 0.100. The lowest BCUT2D eigenvalue weighted by atomic mass is 10.2. The highest BCUT2D eigenvalue weighted by atomic mass is 35.5. The molecule has 0 radical (unpaired) electrons. The van der Waals surface area contributed by atoms with Gasteiger partial charge in [0.2, 0.25) is 5.95 Å². The molecule has 0 spiro atoms. The Kier molecular flexibility index (Phi) is 4.80. The lowest BCUT2D eigenvalue weighted by Crippen LogP contribution is -2.06. The number of hydrogen-bond acceptors (Lipinski definition) is 6. The maximum Gasteiger partial charge on any atom is 0.229 e. The second-order valence-corrected chi connectivity index (χ2v) is 6.25. The third-order valence-corrected chi connectivity index (χ3v) is 4.26. The Hall–Kier alpha value is -3.25. The van der Waals surface area contributed by atoms with Crippen LogP contribution in [0.25, 0.3) is 10.9 Å². The zero-order chi connectivity index (χ0) is 18.6. The highest BCUT2D eigenvalue weighted by Gasteiger charge is 2.11. The molecule has 4 aromatic rings. The summed E-state index contributed by atoms with van der Waals surface area (Å²) in [5.41, 5.74) is 1.51. The van der Waals surface area contributed by atoms with Crippen LogP contribution in [0.1, 0.15) is 5.76 Å². The van der Waals surface area contributed by atoms with Crippen molar-refractivity contribution in [2.24, 2.45) is 0 Å². The first-order valence-corrected chi connectivity index (χ1v) is 8.74. The van der Waals surface area contributed by atoms with Crippen molar-refractivity contribution in [3.8, 4) is 5.75 Å². The SMILES string of the molecule is COc1ccc(Cl)cc1Nc1nc(NCc2ccco2)c2ccccc2n1. The van der Waals surface area contributed by atoms with Gasteiger partial charge in [-0.05, 0) is 42.5 Å². The molecule has 0 atom stereocenters. The predicted molar refractivity (Wildman–Crippen MR) is 107 cm³/mol. The molecule has 0 saturated carbocycles. The second-order valence-electron chi connectivity index (χ2n) is 5.82. The van der Waals surface area contributed by atoms with Crippen molar-refractivity contribution in [3.05, 3.63) is 71.6 Å². The van der Waals surface area contributed by atoms with Crippen LogP contribution in [0.4, 0.5) is 17.5 Å². The molecule has 2 aromatic carbocycles. The summed E-state index contributed by atoms with van der Waals surface area (Å²) in [6, 6.07) is 16.9. The van der Waals surface area contributed by atoms with E-state index in [-0.39, 0.29) is 0 Å². The van der Waals surface area contributed by atoms with Gasteiger partial charge in [-0.25, -0.2) is 4.98 Å². The Morgan fingerprint density at radius 3 is 2.78 bits per heavy atom. The van der Waals surface area contributed by atoms with E-state index >= 15 is 0 Å². The van der Waals surface area contributed by atoms with Gasteiger partial charge in [-0.2, -0.15) is 4.98 Å². The van der Waals surface area contributed by atoms with Crippen LogP contribution in [0.2, 0.25) is 5.02 Å². The predicted octanol–water partition coefficient (Wildman–Crippen LogP) is 5.24. The Labute approximate surface area is 161 Å². The Morgan fingerprint density at radius 2 is 1.96 bits per heavy atom. The Morgan fingerprint density at radius 1 is 1.07 bits per heavy atom. The van der Waals surface area contributed by atoms with Crippen LogP contribution >= 0.6 is 11.6 Å². The van der Waals surface area contributed by atoms with Crippen LogP contribution in [-0.4, -0.2) is 17.1 Å². The standard InChI is InChI=1S/C20H17ClN4O2/c1-26-18-9-8-13(21)11-17(18)24-20-23-16-7-3-2-6-15(16)19(25-20)22-12-14-5-4-10-27-14/h2-11H,12H2,1H3,(H2,22,23,24,25). The fourth-order valence-electron chi connectivity index (χ4n) is 2.75. The smallest absolute Gasteiger partial charge is 0.229 e. The van der Waals surface area contributed by atoms with E-state index in [4.69, 9.17) is 20.8 Å². The third kappa shape index (κ3) is 3.80. The molecule has 6 nitrogen and oxygen atoms in total. The van der Waals surface area contributed by atoms with E-state index < -0.39 is 0 Å². The summed E-state index contributed by atoms with van der Waals surface area (Å²) in [6.07, 6.45) is 1.65. The van der Waals surface area contributed by atoms with E-state index in [0.717, 1.165) is 16.7 Å². The van der Waals surface area contributed by atoms with Crippen molar-refractivity contribution < 1.29 is 9.15 Å². The van der Waals surface area contributed by atoms with Gasteiger partial charge >= 0.3 is 0 Å². The van der Waals surface area contributed by atoms with E-state index in [9.17, 15) is 0 Å². The molecule has 2 heterocycles. The minimum Gasteiger partial charge on any atom is -0.495 e. The number of fused-ring (bicyclic) bond motifs is 1. The average Bonchev–Trinajstić information content (AvgIpc) is 3.20. The summed E-state index contributed by atoms with van der Waals surface area (Å²) >= 11 is 6.11. The lowest BCUT2D eigenvalue weighted by Gasteiger charge is -2.13. The number of methoxy groups -OCH3 is 1. The summed E-state index contributed by atoms with van der Waals surface area (Å²) in [5, 5.41) is 8.03. The number of anilines is 3. The van der Waals surface area contributed by atoms with Crippen LogP contribution in [0.5, 0.6) is 5.75 Å². The molecule has 0 fully saturated rings. The molecule has 0 saturated heterocycles. The second kappa shape index (κ2) is 7.55. The molecule has 2 N–H and O–H groups in total. The van der Waals surface area contributed by atoms with Crippen LogP contribution in [-0.2, 0) is 6.54 Å². The quantitative estimate of drug-likeness (QED) is 0.476. The number of ether oxygens (including phenoxy) is 1. The normalized spacial score (nSPS) is 10.7. The van der Waals surface area contributed by atoms with Crippen molar-refractivity contribution in [1.29, 1.82) is 0 Å². The molecule has 4 rings (SSSR count). The average molecular weight is 381 g/mol. The number of rotatable bonds is 6. The summed E-state index contributed by atoms with van der Waals surface area (Å²) < 4.78 is 10.8.